The summed E-state index contributed by atoms with van der Waals surface area (Å²) in [5.74, 6) is 0.00515. The largest absolute Gasteiger partial charge is 0.336 e. The number of carbonyl (C=O) groups excluding carboxylic acids is 3. The summed E-state index contributed by atoms with van der Waals surface area (Å²) in [6.07, 6.45) is 4.26. The van der Waals surface area contributed by atoms with Crippen LogP contribution < -0.4 is 17.1 Å². The van der Waals surface area contributed by atoms with Crippen LogP contribution in [0.2, 0.25) is 0 Å². The van der Waals surface area contributed by atoms with Crippen molar-refractivity contribution in [2.75, 3.05) is 19.6 Å². The van der Waals surface area contributed by atoms with Crippen molar-refractivity contribution in [1.29, 1.82) is 0 Å². The first kappa shape index (κ1) is 32.3. The van der Waals surface area contributed by atoms with Crippen LogP contribution in [0.15, 0.2) is 89.1 Å². The van der Waals surface area contributed by atoms with Gasteiger partial charge in [-0.1, -0.05) is 49.1 Å². The summed E-state index contributed by atoms with van der Waals surface area (Å²) >= 11 is 0. The highest BCUT2D eigenvalue weighted by atomic mass is 16.2. The second-order valence-electron chi connectivity index (χ2n) is 8.90. The summed E-state index contributed by atoms with van der Waals surface area (Å²) in [5, 5.41) is 0. The third-order valence-electron chi connectivity index (χ3n) is 5.10. The quantitative estimate of drug-likeness (QED) is 0.374. The first-order valence-corrected chi connectivity index (χ1v) is 11.9. The zero-order chi connectivity index (χ0) is 30.0. The molecule has 0 atom stereocenters. The Morgan fingerprint density at radius 3 is 1.21 bits per heavy atom. The molecule has 0 N–H and O–H groups in total. The molecule has 1 aliphatic rings. The van der Waals surface area contributed by atoms with Gasteiger partial charge in [0.25, 0.3) is 0 Å². The van der Waals surface area contributed by atoms with Crippen LogP contribution in [0.25, 0.3) is 0 Å². The number of nitrogens with zero attached hydrogens (tertiary/aromatic N) is 6. The Labute approximate surface area is 227 Å². The lowest BCUT2D eigenvalue weighted by Crippen LogP contribution is -2.60. The van der Waals surface area contributed by atoms with E-state index >= 15 is 0 Å². The topological polar surface area (TPSA) is 127 Å². The van der Waals surface area contributed by atoms with E-state index in [0.717, 1.165) is 24.2 Å². The fourth-order valence-corrected chi connectivity index (χ4v) is 3.49. The van der Waals surface area contributed by atoms with Gasteiger partial charge in [0.05, 0.1) is 32.7 Å². The predicted molar refractivity (Wildman–Crippen MR) is 150 cm³/mol. The minimum Gasteiger partial charge on any atom is -0.298 e. The summed E-state index contributed by atoms with van der Waals surface area (Å²) in [4.78, 5) is 75.6. The van der Waals surface area contributed by atoms with E-state index in [0.29, 0.717) is 5.57 Å². The van der Waals surface area contributed by atoms with E-state index in [2.05, 4.69) is 39.5 Å². The Morgan fingerprint density at radius 2 is 0.923 bits per heavy atom. The summed E-state index contributed by atoms with van der Waals surface area (Å²) < 4.78 is 2.84. The first-order chi connectivity index (χ1) is 18.2. The number of aromatic nitrogens is 3. The Bertz CT molecular complexity index is 1180. The normalized spacial score (nSPS) is 13.0. The molecule has 1 saturated heterocycles. The van der Waals surface area contributed by atoms with Gasteiger partial charge < -0.3 is 0 Å². The lowest BCUT2D eigenvalue weighted by atomic mass is 10.2. The second-order valence-corrected chi connectivity index (χ2v) is 8.90. The molecule has 0 aromatic carbocycles. The molecule has 12 nitrogen and oxygen atoms in total. The fourth-order valence-electron chi connectivity index (χ4n) is 3.49. The molecule has 210 valence electrons. The third-order valence-corrected chi connectivity index (χ3v) is 5.10. The number of urea groups is 2. The number of Topliss-reactive ketones (excluding diaryl/α,β-unsaturated/α-hetero) is 1. The molecular weight excluding hydrogens is 504 g/mol. The van der Waals surface area contributed by atoms with Gasteiger partial charge in [0.15, 0.2) is 0 Å². The number of rotatable bonds is 12. The van der Waals surface area contributed by atoms with Gasteiger partial charge in [0.1, 0.15) is 11.6 Å². The highest BCUT2D eigenvalue weighted by Gasteiger charge is 2.40. The summed E-state index contributed by atoms with van der Waals surface area (Å²) in [5.41, 5.74) is -0.570. The SMILES string of the molecule is C=C(C)CN1C(=C)N(CC(C)=O)C(=O)N(CC(=C)C)C1=O.C=CCn1c(=O)n(CC=C)c(=O)n(CC=C)c1=O. The van der Waals surface area contributed by atoms with Crippen LogP contribution in [0.3, 0.4) is 0 Å². The van der Waals surface area contributed by atoms with E-state index in [4.69, 9.17) is 0 Å². The minimum atomic E-state index is -0.662. The van der Waals surface area contributed by atoms with Crippen LogP contribution in [-0.2, 0) is 24.4 Å². The van der Waals surface area contributed by atoms with Crippen molar-refractivity contribution in [2.24, 2.45) is 0 Å². The smallest absolute Gasteiger partial charge is 0.298 e. The zero-order valence-electron chi connectivity index (χ0n) is 22.9. The standard InChI is InChI=1S/C15H21N3O3.C12H15N3O3/c1-10(2)7-16-13(6)17(9-12(5)19)15(21)18(14(16)20)8-11(3)4;1-4-7-13-10(16)14(8-5-2)12(18)15(9-6-3)11(13)17/h1,3,6-9H2,2,4-5H3;4-6H,1-3,7-9H2. The number of carbonyl (C=O) groups is 3. The Kier molecular flexibility index (Phi) is 11.8. The molecule has 0 unspecified atom stereocenters. The van der Waals surface area contributed by atoms with E-state index in [-0.39, 0.29) is 50.9 Å². The molecule has 0 bridgehead atoms. The highest BCUT2D eigenvalue weighted by Crippen LogP contribution is 2.22. The molecule has 0 saturated carbocycles. The molecule has 0 aliphatic carbocycles. The zero-order valence-corrected chi connectivity index (χ0v) is 22.9. The van der Waals surface area contributed by atoms with Gasteiger partial charge in [-0.3, -0.25) is 14.6 Å². The second kappa shape index (κ2) is 14.3. The van der Waals surface area contributed by atoms with Crippen LogP contribution in [0, 0.1) is 0 Å². The maximum absolute atomic E-state index is 12.4. The van der Waals surface area contributed by atoms with Gasteiger partial charge >= 0.3 is 29.1 Å². The first-order valence-electron chi connectivity index (χ1n) is 11.9. The van der Waals surface area contributed by atoms with Crippen molar-refractivity contribution in [3.8, 4) is 0 Å². The Morgan fingerprint density at radius 1 is 0.615 bits per heavy atom. The monoisotopic (exact) mass is 540 g/mol. The molecule has 12 heteroatoms. The molecule has 0 radical (unpaired) electrons. The maximum Gasteiger partial charge on any atom is 0.336 e. The fraction of sp³-hybridized carbons (Fsp3) is 0.333. The average Bonchev–Trinajstić information content (AvgIpc) is 2.85. The predicted octanol–water partition coefficient (Wildman–Crippen LogP) is 2.09. The summed E-state index contributed by atoms with van der Waals surface area (Å²) in [6, 6.07) is -1.03. The third kappa shape index (κ3) is 7.87. The van der Waals surface area contributed by atoms with Crippen LogP contribution >= 0.6 is 0 Å². The number of ketones is 1. The number of imide groups is 1. The molecule has 2 heterocycles. The number of hydrogen-bond donors (Lipinski definition) is 0. The Balaban J connectivity index is 0.000000395. The van der Waals surface area contributed by atoms with E-state index < -0.39 is 29.1 Å². The van der Waals surface area contributed by atoms with Crippen LogP contribution in [0.4, 0.5) is 9.59 Å². The van der Waals surface area contributed by atoms with E-state index in [1.54, 1.807) is 13.8 Å². The van der Waals surface area contributed by atoms with Gasteiger partial charge in [-0.05, 0) is 20.8 Å². The van der Waals surface area contributed by atoms with Gasteiger partial charge in [-0.25, -0.2) is 42.6 Å². The van der Waals surface area contributed by atoms with Crippen molar-refractivity contribution in [1.82, 2.24) is 28.4 Å². The molecule has 1 aromatic heterocycles. The number of hydrogen-bond acceptors (Lipinski definition) is 6. The van der Waals surface area contributed by atoms with Crippen molar-refractivity contribution in [2.45, 2.75) is 40.4 Å². The van der Waals surface area contributed by atoms with Gasteiger partial charge in [0, 0.05) is 6.54 Å². The average molecular weight is 541 g/mol. The van der Waals surface area contributed by atoms with Crippen LogP contribution in [0.1, 0.15) is 20.8 Å². The van der Waals surface area contributed by atoms with Gasteiger partial charge in [-0.2, -0.15) is 0 Å². The molecule has 39 heavy (non-hydrogen) atoms. The van der Waals surface area contributed by atoms with Crippen molar-refractivity contribution in [3.05, 3.63) is 106 Å². The van der Waals surface area contributed by atoms with Crippen LogP contribution in [0.5, 0.6) is 0 Å². The number of amides is 4. The van der Waals surface area contributed by atoms with Crippen molar-refractivity contribution >= 4 is 17.8 Å². The molecule has 1 aliphatic heterocycles. The molecular formula is C27H36N6O6. The van der Waals surface area contributed by atoms with E-state index in [9.17, 15) is 28.8 Å². The van der Waals surface area contributed by atoms with E-state index in [1.165, 1.54) is 35.0 Å². The molecule has 4 amide bonds. The van der Waals surface area contributed by atoms with Crippen LogP contribution in [-0.4, -0.2) is 65.9 Å². The van der Waals surface area contributed by atoms with Gasteiger partial charge in [-0.15, -0.1) is 19.7 Å². The lowest BCUT2D eigenvalue weighted by Gasteiger charge is -2.42. The number of allylic oxidation sites excluding steroid dienone is 3. The highest BCUT2D eigenvalue weighted by molar-refractivity contribution is 5.99. The van der Waals surface area contributed by atoms with E-state index in [1.807, 2.05) is 0 Å². The summed E-state index contributed by atoms with van der Waals surface area (Å²) in [7, 11) is 0. The van der Waals surface area contributed by atoms with Crippen molar-refractivity contribution < 1.29 is 14.4 Å². The lowest BCUT2D eigenvalue weighted by molar-refractivity contribution is -0.117. The Hall–Kier alpha value is -4.74. The molecule has 0 spiro atoms. The van der Waals surface area contributed by atoms with Crippen molar-refractivity contribution in [3.63, 3.8) is 0 Å². The maximum atomic E-state index is 12.4. The summed E-state index contributed by atoms with van der Waals surface area (Å²) in [6.45, 7) is 26.9. The molecule has 1 fully saturated rings. The van der Waals surface area contributed by atoms with Gasteiger partial charge in [0.2, 0.25) is 0 Å². The minimum absolute atomic E-state index is 0.0478. The molecule has 1 aromatic rings. The molecule has 2 rings (SSSR count).